The first kappa shape index (κ1) is 23.5. The molecule has 2 amide bonds. The van der Waals surface area contributed by atoms with Gasteiger partial charge in [0.1, 0.15) is 17.4 Å². The minimum atomic E-state index is -0.619. The lowest BCUT2D eigenvalue weighted by molar-refractivity contribution is 0.0973. The Kier molecular flexibility index (Phi) is 7.48. The van der Waals surface area contributed by atoms with Gasteiger partial charge in [-0.2, -0.15) is 0 Å². The summed E-state index contributed by atoms with van der Waals surface area (Å²) in [6, 6.07) is 11.5. The standard InChI is InChI=1S/C26H33F2N3O2/c1-18(2)33-24-9-5-19(6-10-24)16-29-26(32)31(17-20-7-8-21(27)14-25(20)28)23-11-13-30-12-3-4-22(30)15-23/h5-10,14,18,22-23H,3-4,11-13,15-17H2,1-2H3,(H,29,32)/t22-,23?/m0/s1. The van der Waals surface area contributed by atoms with Crippen LogP contribution in [0.4, 0.5) is 13.6 Å². The maximum atomic E-state index is 14.4. The van der Waals surface area contributed by atoms with E-state index in [-0.39, 0.29) is 24.7 Å². The lowest BCUT2D eigenvalue weighted by atomic mass is 9.96. The molecule has 0 spiro atoms. The molecule has 0 bridgehead atoms. The summed E-state index contributed by atoms with van der Waals surface area (Å²) in [5.74, 6) is -0.444. The van der Waals surface area contributed by atoms with Crippen LogP contribution in [0, 0.1) is 11.6 Å². The third kappa shape index (κ3) is 6.02. The second-order valence-corrected chi connectivity index (χ2v) is 9.34. The molecule has 4 rings (SSSR count). The third-order valence-electron chi connectivity index (χ3n) is 6.59. The molecular formula is C26H33F2N3O2. The van der Waals surface area contributed by atoms with Gasteiger partial charge in [-0.1, -0.05) is 18.2 Å². The van der Waals surface area contributed by atoms with Gasteiger partial charge in [0.05, 0.1) is 12.6 Å². The summed E-state index contributed by atoms with van der Waals surface area (Å²) >= 11 is 0. The van der Waals surface area contributed by atoms with Crippen molar-refractivity contribution in [1.29, 1.82) is 0 Å². The van der Waals surface area contributed by atoms with E-state index in [1.165, 1.54) is 18.6 Å². The van der Waals surface area contributed by atoms with Crippen molar-refractivity contribution < 1.29 is 18.3 Å². The van der Waals surface area contributed by atoms with Gasteiger partial charge in [-0.15, -0.1) is 0 Å². The van der Waals surface area contributed by atoms with Gasteiger partial charge in [0.15, 0.2) is 0 Å². The van der Waals surface area contributed by atoms with Crippen LogP contribution in [0.1, 0.15) is 50.7 Å². The molecule has 2 atom stereocenters. The Hall–Kier alpha value is -2.67. The first-order valence-electron chi connectivity index (χ1n) is 11.9. The van der Waals surface area contributed by atoms with Crippen LogP contribution in [0.15, 0.2) is 42.5 Å². The van der Waals surface area contributed by atoms with Crippen LogP contribution in [0.2, 0.25) is 0 Å². The number of nitrogens with zero attached hydrogens (tertiary/aromatic N) is 2. The number of nitrogens with one attached hydrogen (secondary N) is 1. The van der Waals surface area contributed by atoms with Crippen LogP contribution < -0.4 is 10.1 Å². The van der Waals surface area contributed by atoms with Gasteiger partial charge >= 0.3 is 6.03 Å². The zero-order valence-corrected chi connectivity index (χ0v) is 19.4. The number of hydrogen-bond acceptors (Lipinski definition) is 3. The monoisotopic (exact) mass is 457 g/mol. The molecule has 2 saturated heterocycles. The number of rotatable bonds is 7. The molecule has 7 heteroatoms. The van der Waals surface area contributed by atoms with Crippen molar-refractivity contribution in [3.63, 3.8) is 0 Å². The Morgan fingerprint density at radius 2 is 1.94 bits per heavy atom. The highest BCUT2D eigenvalue weighted by Crippen LogP contribution is 2.30. The molecule has 33 heavy (non-hydrogen) atoms. The van der Waals surface area contributed by atoms with E-state index in [1.54, 1.807) is 4.90 Å². The number of amides is 2. The smallest absolute Gasteiger partial charge is 0.318 e. The molecule has 2 heterocycles. The maximum absolute atomic E-state index is 14.4. The third-order valence-corrected chi connectivity index (χ3v) is 6.59. The molecule has 2 aliphatic heterocycles. The fraction of sp³-hybridized carbons (Fsp3) is 0.500. The highest BCUT2D eigenvalue weighted by Gasteiger charge is 2.36. The highest BCUT2D eigenvalue weighted by atomic mass is 19.1. The van der Waals surface area contributed by atoms with Crippen LogP contribution >= 0.6 is 0 Å². The summed E-state index contributed by atoms with van der Waals surface area (Å²) < 4.78 is 33.5. The predicted octanol–water partition coefficient (Wildman–Crippen LogP) is 5.09. The lowest BCUT2D eigenvalue weighted by Gasteiger charge is -2.40. The number of fused-ring (bicyclic) bond motifs is 1. The van der Waals surface area contributed by atoms with Crippen molar-refractivity contribution in [1.82, 2.24) is 15.1 Å². The summed E-state index contributed by atoms with van der Waals surface area (Å²) in [5, 5.41) is 3.00. The first-order chi connectivity index (χ1) is 15.9. The van der Waals surface area contributed by atoms with E-state index in [1.807, 2.05) is 38.1 Å². The molecule has 178 valence electrons. The molecule has 0 saturated carbocycles. The lowest BCUT2D eigenvalue weighted by Crippen LogP contribution is -2.52. The molecule has 0 radical (unpaired) electrons. The molecule has 0 aliphatic carbocycles. The molecule has 5 nitrogen and oxygen atoms in total. The molecule has 2 fully saturated rings. The number of carbonyl (C=O) groups is 1. The summed E-state index contributed by atoms with van der Waals surface area (Å²) in [7, 11) is 0. The highest BCUT2D eigenvalue weighted by molar-refractivity contribution is 5.74. The van der Waals surface area contributed by atoms with Crippen molar-refractivity contribution >= 4 is 6.03 Å². The summed E-state index contributed by atoms with van der Waals surface area (Å²) in [4.78, 5) is 17.5. The second-order valence-electron chi connectivity index (χ2n) is 9.34. The van der Waals surface area contributed by atoms with Crippen molar-refractivity contribution in [2.45, 2.75) is 70.8 Å². The summed E-state index contributed by atoms with van der Waals surface area (Å²) in [6.45, 7) is 6.50. The average Bonchev–Trinajstić information content (AvgIpc) is 3.25. The number of benzene rings is 2. The fourth-order valence-corrected chi connectivity index (χ4v) is 4.92. The molecule has 2 aromatic carbocycles. The molecular weight excluding hydrogens is 424 g/mol. The largest absolute Gasteiger partial charge is 0.491 e. The summed E-state index contributed by atoms with van der Waals surface area (Å²) in [5.41, 5.74) is 1.29. The number of urea groups is 1. The van der Waals surface area contributed by atoms with E-state index in [9.17, 15) is 13.6 Å². The first-order valence-corrected chi connectivity index (χ1v) is 11.9. The molecule has 2 aliphatic rings. The van der Waals surface area contributed by atoms with Crippen molar-refractivity contribution in [2.75, 3.05) is 13.1 Å². The van der Waals surface area contributed by atoms with Crippen molar-refractivity contribution in [2.24, 2.45) is 0 Å². The quantitative estimate of drug-likeness (QED) is 0.630. The van der Waals surface area contributed by atoms with Crippen LogP contribution in [-0.2, 0) is 13.1 Å². The molecule has 0 aromatic heterocycles. The normalized spacial score (nSPS) is 20.5. The van der Waals surface area contributed by atoms with Gasteiger partial charge in [-0.3, -0.25) is 0 Å². The van der Waals surface area contributed by atoms with Crippen LogP contribution in [0.25, 0.3) is 0 Å². The Morgan fingerprint density at radius 3 is 2.67 bits per heavy atom. The van der Waals surface area contributed by atoms with E-state index in [0.717, 1.165) is 49.7 Å². The summed E-state index contributed by atoms with van der Waals surface area (Å²) in [6.07, 6.45) is 4.17. The van der Waals surface area contributed by atoms with Crippen LogP contribution in [0.5, 0.6) is 5.75 Å². The van der Waals surface area contributed by atoms with E-state index in [2.05, 4.69) is 10.2 Å². The Labute approximate surface area is 194 Å². The van der Waals surface area contributed by atoms with Gasteiger partial charge < -0.3 is 19.9 Å². The minimum Gasteiger partial charge on any atom is -0.491 e. The number of ether oxygens (including phenoxy) is 1. The average molecular weight is 458 g/mol. The van der Waals surface area contributed by atoms with E-state index in [4.69, 9.17) is 4.74 Å². The Morgan fingerprint density at radius 1 is 1.15 bits per heavy atom. The number of carbonyl (C=O) groups excluding carboxylic acids is 1. The van der Waals surface area contributed by atoms with E-state index in [0.29, 0.717) is 18.2 Å². The van der Waals surface area contributed by atoms with Gasteiger partial charge in [-0.25, -0.2) is 13.6 Å². The zero-order chi connectivity index (χ0) is 23.4. The van der Waals surface area contributed by atoms with Crippen molar-refractivity contribution in [3.8, 4) is 5.75 Å². The second kappa shape index (κ2) is 10.5. The Bertz CT molecular complexity index is 951. The topological polar surface area (TPSA) is 44.8 Å². The molecule has 2 aromatic rings. The van der Waals surface area contributed by atoms with Crippen molar-refractivity contribution in [3.05, 3.63) is 65.2 Å². The van der Waals surface area contributed by atoms with Gasteiger partial charge in [0.2, 0.25) is 0 Å². The van der Waals surface area contributed by atoms with E-state index < -0.39 is 11.6 Å². The predicted molar refractivity (Wildman–Crippen MR) is 124 cm³/mol. The Balaban J connectivity index is 1.45. The van der Waals surface area contributed by atoms with Crippen LogP contribution in [-0.4, -0.2) is 47.1 Å². The SMILES string of the molecule is CC(C)Oc1ccc(CNC(=O)N(Cc2ccc(F)cc2F)C2CCN3CCC[C@H]3C2)cc1. The number of hydrogen-bond donors (Lipinski definition) is 1. The maximum Gasteiger partial charge on any atom is 0.318 e. The fourth-order valence-electron chi connectivity index (χ4n) is 4.92. The number of piperidine rings is 1. The van der Waals surface area contributed by atoms with Crippen LogP contribution in [0.3, 0.4) is 0 Å². The molecule has 1 unspecified atom stereocenters. The van der Waals surface area contributed by atoms with Gasteiger partial charge in [0, 0.05) is 36.8 Å². The minimum absolute atomic E-state index is 0.0237. The number of halogens is 2. The van der Waals surface area contributed by atoms with Gasteiger partial charge in [0.25, 0.3) is 0 Å². The zero-order valence-electron chi connectivity index (χ0n) is 19.4. The van der Waals surface area contributed by atoms with Gasteiger partial charge in [-0.05, 0) is 69.8 Å². The van der Waals surface area contributed by atoms with E-state index >= 15 is 0 Å². The molecule has 1 N–H and O–H groups in total.